The fourth-order valence-electron chi connectivity index (χ4n) is 2.02. The summed E-state index contributed by atoms with van der Waals surface area (Å²) in [6.45, 7) is 3.00. The van der Waals surface area contributed by atoms with E-state index in [0.29, 0.717) is 5.88 Å². The Labute approximate surface area is 124 Å². The first kappa shape index (κ1) is 14.2. The first-order valence-electron chi connectivity index (χ1n) is 6.22. The Balaban J connectivity index is 2.18. The zero-order valence-corrected chi connectivity index (χ0v) is 12.7. The maximum atomic E-state index is 6.20. The lowest BCUT2D eigenvalue weighted by molar-refractivity contribution is 0.914. The van der Waals surface area contributed by atoms with Crippen LogP contribution < -0.4 is 4.90 Å². The average Bonchev–Trinajstić information content (AvgIpc) is 2.41. The molecule has 0 aliphatic heterocycles. The van der Waals surface area contributed by atoms with Gasteiger partial charge in [-0.15, -0.1) is 11.6 Å². The van der Waals surface area contributed by atoms with Gasteiger partial charge in [-0.2, -0.15) is 0 Å². The van der Waals surface area contributed by atoms with E-state index in [-0.39, 0.29) is 0 Å². The summed E-state index contributed by atoms with van der Waals surface area (Å²) in [5.74, 6) is 0.445. The zero-order valence-electron chi connectivity index (χ0n) is 11.2. The molecular weight excluding hydrogens is 277 g/mol. The van der Waals surface area contributed by atoms with Crippen molar-refractivity contribution in [3.05, 3.63) is 64.2 Å². The molecule has 0 saturated heterocycles. The van der Waals surface area contributed by atoms with Crippen LogP contribution in [-0.2, 0) is 12.4 Å². The zero-order chi connectivity index (χ0) is 13.8. The van der Waals surface area contributed by atoms with E-state index in [4.69, 9.17) is 23.2 Å². The molecule has 0 aliphatic rings. The monoisotopic (exact) mass is 293 g/mol. The van der Waals surface area contributed by atoms with Crippen LogP contribution in [0.25, 0.3) is 0 Å². The van der Waals surface area contributed by atoms with Crippen molar-refractivity contribution in [1.29, 1.82) is 0 Å². The van der Waals surface area contributed by atoms with Crippen LogP contribution in [0.1, 0.15) is 16.7 Å². The SMILES string of the molecule is Cc1ccccc1CN(C)c1ccc(CCl)c(Cl)c1. The highest BCUT2D eigenvalue weighted by molar-refractivity contribution is 6.32. The number of hydrogen-bond donors (Lipinski definition) is 0. The van der Waals surface area contributed by atoms with Crippen LogP contribution in [0.4, 0.5) is 5.69 Å². The Morgan fingerprint density at radius 3 is 2.42 bits per heavy atom. The van der Waals surface area contributed by atoms with Crippen molar-refractivity contribution in [2.45, 2.75) is 19.3 Å². The number of benzene rings is 2. The third-order valence-electron chi connectivity index (χ3n) is 3.29. The van der Waals surface area contributed by atoms with Gasteiger partial charge in [-0.05, 0) is 35.7 Å². The molecule has 2 rings (SSSR count). The fraction of sp³-hybridized carbons (Fsp3) is 0.250. The minimum atomic E-state index is 0.445. The van der Waals surface area contributed by atoms with E-state index in [1.54, 1.807) is 0 Å². The molecule has 0 spiro atoms. The van der Waals surface area contributed by atoms with Gasteiger partial charge in [0.1, 0.15) is 0 Å². The first-order valence-corrected chi connectivity index (χ1v) is 7.13. The van der Waals surface area contributed by atoms with Gasteiger partial charge in [0.25, 0.3) is 0 Å². The van der Waals surface area contributed by atoms with E-state index in [1.165, 1.54) is 11.1 Å². The van der Waals surface area contributed by atoms with Crippen LogP contribution in [0.2, 0.25) is 5.02 Å². The highest BCUT2D eigenvalue weighted by atomic mass is 35.5. The van der Waals surface area contributed by atoms with Crippen molar-refractivity contribution in [3.8, 4) is 0 Å². The second kappa shape index (κ2) is 6.31. The van der Waals surface area contributed by atoms with E-state index < -0.39 is 0 Å². The molecular formula is C16H17Cl2N. The lowest BCUT2D eigenvalue weighted by atomic mass is 10.1. The summed E-state index contributed by atoms with van der Waals surface area (Å²) in [4.78, 5) is 2.19. The van der Waals surface area contributed by atoms with Crippen molar-refractivity contribution in [2.24, 2.45) is 0 Å². The summed E-state index contributed by atoms with van der Waals surface area (Å²) in [5, 5.41) is 0.726. The van der Waals surface area contributed by atoms with Gasteiger partial charge in [-0.3, -0.25) is 0 Å². The second-order valence-electron chi connectivity index (χ2n) is 4.69. The third-order valence-corrected chi connectivity index (χ3v) is 3.93. The molecule has 0 aliphatic carbocycles. The summed E-state index contributed by atoms with van der Waals surface area (Å²) >= 11 is 12.0. The number of anilines is 1. The molecule has 0 bridgehead atoms. The van der Waals surface area contributed by atoms with Gasteiger partial charge in [0, 0.05) is 30.2 Å². The highest BCUT2D eigenvalue weighted by Gasteiger charge is 2.06. The normalized spacial score (nSPS) is 10.5. The molecule has 0 aromatic heterocycles. The molecule has 2 aromatic rings. The molecule has 19 heavy (non-hydrogen) atoms. The Morgan fingerprint density at radius 2 is 1.79 bits per heavy atom. The van der Waals surface area contributed by atoms with Crippen LogP contribution >= 0.6 is 23.2 Å². The Hall–Kier alpha value is -1.18. The number of hydrogen-bond acceptors (Lipinski definition) is 1. The Kier molecular flexibility index (Phi) is 4.73. The lowest BCUT2D eigenvalue weighted by Crippen LogP contribution is -2.17. The van der Waals surface area contributed by atoms with Gasteiger partial charge in [0.2, 0.25) is 0 Å². The summed E-state index contributed by atoms with van der Waals surface area (Å²) < 4.78 is 0. The molecule has 0 amide bonds. The molecule has 2 aromatic carbocycles. The molecule has 0 N–H and O–H groups in total. The fourth-order valence-corrected chi connectivity index (χ4v) is 2.56. The van der Waals surface area contributed by atoms with Gasteiger partial charge >= 0.3 is 0 Å². The van der Waals surface area contributed by atoms with E-state index in [0.717, 1.165) is 22.8 Å². The number of rotatable bonds is 4. The van der Waals surface area contributed by atoms with Crippen molar-refractivity contribution >= 4 is 28.9 Å². The average molecular weight is 294 g/mol. The minimum Gasteiger partial charge on any atom is -0.370 e. The van der Waals surface area contributed by atoms with Crippen molar-refractivity contribution in [3.63, 3.8) is 0 Å². The van der Waals surface area contributed by atoms with Crippen molar-refractivity contribution in [2.75, 3.05) is 11.9 Å². The van der Waals surface area contributed by atoms with Gasteiger partial charge in [0.05, 0.1) is 0 Å². The van der Waals surface area contributed by atoms with Crippen LogP contribution in [-0.4, -0.2) is 7.05 Å². The largest absolute Gasteiger partial charge is 0.370 e. The molecule has 0 radical (unpaired) electrons. The van der Waals surface area contributed by atoms with Crippen LogP contribution in [0.15, 0.2) is 42.5 Å². The van der Waals surface area contributed by atoms with E-state index in [9.17, 15) is 0 Å². The molecule has 0 heterocycles. The van der Waals surface area contributed by atoms with E-state index in [1.807, 2.05) is 12.1 Å². The van der Waals surface area contributed by atoms with Gasteiger partial charge in [0.15, 0.2) is 0 Å². The molecule has 0 unspecified atom stereocenters. The number of alkyl halides is 1. The van der Waals surface area contributed by atoms with E-state index >= 15 is 0 Å². The van der Waals surface area contributed by atoms with Gasteiger partial charge in [-0.1, -0.05) is 41.9 Å². The molecule has 0 atom stereocenters. The molecule has 0 fully saturated rings. The summed E-state index contributed by atoms with van der Waals surface area (Å²) in [6.07, 6.45) is 0. The quantitative estimate of drug-likeness (QED) is 0.715. The van der Waals surface area contributed by atoms with Gasteiger partial charge in [-0.25, -0.2) is 0 Å². The maximum absolute atomic E-state index is 6.20. The van der Waals surface area contributed by atoms with Crippen molar-refractivity contribution < 1.29 is 0 Å². The predicted octanol–water partition coefficient (Wildman–Crippen LogP) is 5.02. The third kappa shape index (κ3) is 3.43. The number of aryl methyl sites for hydroxylation is 1. The minimum absolute atomic E-state index is 0.445. The molecule has 3 heteroatoms. The lowest BCUT2D eigenvalue weighted by Gasteiger charge is -2.21. The Morgan fingerprint density at radius 1 is 1.05 bits per heavy atom. The van der Waals surface area contributed by atoms with Crippen molar-refractivity contribution in [1.82, 2.24) is 0 Å². The summed E-state index contributed by atoms with van der Waals surface area (Å²) in [5.41, 5.74) is 4.69. The van der Waals surface area contributed by atoms with Crippen LogP contribution in [0.3, 0.4) is 0 Å². The smallest absolute Gasteiger partial charge is 0.0488 e. The highest BCUT2D eigenvalue weighted by Crippen LogP contribution is 2.25. The topological polar surface area (TPSA) is 3.24 Å². The van der Waals surface area contributed by atoms with Crippen LogP contribution in [0, 0.1) is 6.92 Å². The molecule has 0 saturated carbocycles. The first-order chi connectivity index (χ1) is 9.11. The summed E-state index contributed by atoms with van der Waals surface area (Å²) in [7, 11) is 2.07. The number of halogens is 2. The van der Waals surface area contributed by atoms with Crippen LogP contribution in [0.5, 0.6) is 0 Å². The molecule has 1 nitrogen and oxygen atoms in total. The molecule has 100 valence electrons. The second-order valence-corrected chi connectivity index (χ2v) is 5.37. The number of nitrogens with zero attached hydrogens (tertiary/aromatic N) is 1. The standard InChI is InChI=1S/C16H17Cl2N/c1-12-5-3-4-6-14(12)11-19(2)15-8-7-13(10-17)16(18)9-15/h3-9H,10-11H2,1-2H3. The predicted molar refractivity (Wildman–Crippen MR) is 84.3 cm³/mol. The maximum Gasteiger partial charge on any atom is 0.0488 e. The van der Waals surface area contributed by atoms with Gasteiger partial charge < -0.3 is 4.90 Å². The Bertz CT molecular complexity index is 566. The van der Waals surface area contributed by atoms with E-state index in [2.05, 4.69) is 49.2 Å². The summed E-state index contributed by atoms with van der Waals surface area (Å²) in [6, 6.07) is 14.4.